The molecule has 1 atom stereocenters. The molecule has 3 aromatic rings. The lowest BCUT2D eigenvalue weighted by atomic mass is 10.0. The van der Waals surface area contributed by atoms with E-state index in [2.05, 4.69) is 20.1 Å². The minimum Gasteiger partial charge on any atom is -0.490 e. The molecule has 0 saturated carbocycles. The molecule has 0 N–H and O–H groups in total. The van der Waals surface area contributed by atoms with Crippen molar-refractivity contribution < 1.29 is 33.3 Å². The normalized spacial score (nSPS) is 11.1. The highest BCUT2D eigenvalue weighted by Gasteiger charge is 2.16. The highest BCUT2D eigenvalue weighted by atomic mass is 16.6. The summed E-state index contributed by atoms with van der Waals surface area (Å²) >= 11 is 0. The van der Waals surface area contributed by atoms with E-state index in [9.17, 15) is 14.4 Å². The van der Waals surface area contributed by atoms with E-state index in [0.29, 0.717) is 17.1 Å². The average Bonchev–Trinajstić information content (AvgIpc) is 2.94. The monoisotopic (exact) mass is 500 g/mol. The van der Waals surface area contributed by atoms with Crippen LogP contribution in [0.5, 0.6) is 11.5 Å². The van der Waals surface area contributed by atoms with Crippen molar-refractivity contribution in [3.8, 4) is 22.6 Å². The van der Waals surface area contributed by atoms with Gasteiger partial charge in [0.25, 0.3) is 0 Å². The van der Waals surface area contributed by atoms with Gasteiger partial charge in [-0.15, -0.1) is 0 Å². The van der Waals surface area contributed by atoms with Crippen LogP contribution in [0.15, 0.2) is 98.1 Å². The van der Waals surface area contributed by atoms with Crippen LogP contribution in [0, 0.1) is 0 Å². The lowest BCUT2D eigenvalue weighted by Gasteiger charge is -2.17. The van der Waals surface area contributed by atoms with Crippen LogP contribution in [0.3, 0.4) is 0 Å². The summed E-state index contributed by atoms with van der Waals surface area (Å²) in [7, 11) is 0. The molecule has 0 heterocycles. The fraction of sp³-hybridized carbons (Fsp3) is 0.167. The minimum atomic E-state index is -0.814. The molecule has 0 radical (unpaired) electrons. The standard InChI is InChI=1S/C30H28O7/c1-4-21-7-15-26(16-8-21)37-30(33)24-11-9-22(10-12-24)23-13-17-25(18-14-23)34-19-27(36-29(32)6-3)20-35-28(31)5-2/h5-18,27H,2-4,19-20H2,1H3. The lowest BCUT2D eigenvalue weighted by Crippen LogP contribution is -2.30. The van der Waals surface area contributed by atoms with E-state index in [-0.39, 0.29) is 13.2 Å². The minimum absolute atomic E-state index is 0.0265. The van der Waals surface area contributed by atoms with Gasteiger partial charge in [0.1, 0.15) is 24.7 Å². The Bertz CT molecular complexity index is 1230. The molecule has 0 saturated heterocycles. The molecule has 0 bridgehead atoms. The fourth-order valence-corrected chi connectivity index (χ4v) is 3.25. The van der Waals surface area contributed by atoms with Crippen LogP contribution in [0.1, 0.15) is 22.8 Å². The second-order valence-electron chi connectivity index (χ2n) is 7.90. The zero-order valence-electron chi connectivity index (χ0n) is 20.6. The summed E-state index contributed by atoms with van der Waals surface area (Å²) in [6.07, 6.45) is 2.14. The average molecular weight is 501 g/mol. The number of benzene rings is 3. The number of ether oxygens (including phenoxy) is 4. The van der Waals surface area contributed by atoms with Crippen LogP contribution >= 0.6 is 0 Å². The second-order valence-corrected chi connectivity index (χ2v) is 7.90. The molecule has 37 heavy (non-hydrogen) atoms. The Balaban J connectivity index is 1.58. The largest absolute Gasteiger partial charge is 0.490 e. The van der Waals surface area contributed by atoms with Gasteiger partial charge >= 0.3 is 17.9 Å². The van der Waals surface area contributed by atoms with Crippen molar-refractivity contribution in [2.24, 2.45) is 0 Å². The third kappa shape index (κ3) is 8.21. The molecule has 0 fully saturated rings. The molecular formula is C30H28O7. The van der Waals surface area contributed by atoms with E-state index >= 15 is 0 Å². The van der Waals surface area contributed by atoms with Gasteiger partial charge < -0.3 is 18.9 Å². The van der Waals surface area contributed by atoms with E-state index in [1.54, 1.807) is 36.4 Å². The highest BCUT2D eigenvalue weighted by molar-refractivity contribution is 5.91. The van der Waals surface area contributed by atoms with Crippen LogP contribution in [0.25, 0.3) is 11.1 Å². The highest BCUT2D eigenvalue weighted by Crippen LogP contribution is 2.24. The molecule has 3 aromatic carbocycles. The number of hydrogen-bond acceptors (Lipinski definition) is 7. The summed E-state index contributed by atoms with van der Waals surface area (Å²) in [6, 6.07) is 21.8. The fourth-order valence-electron chi connectivity index (χ4n) is 3.25. The number of carbonyl (C=O) groups is 3. The quantitative estimate of drug-likeness (QED) is 0.188. The summed E-state index contributed by atoms with van der Waals surface area (Å²) in [6.45, 7) is 8.54. The predicted octanol–water partition coefficient (Wildman–Crippen LogP) is 5.34. The number of carbonyl (C=O) groups excluding carboxylic acids is 3. The molecule has 7 nitrogen and oxygen atoms in total. The molecule has 0 aromatic heterocycles. The van der Waals surface area contributed by atoms with Crippen LogP contribution in [0.2, 0.25) is 0 Å². The first-order valence-corrected chi connectivity index (χ1v) is 11.7. The SMILES string of the molecule is C=CC(=O)OCC(COc1ccc(-c2ccc(C(=O)Oc3ccc(CC)cc3)cc2)cc1)OC(=O)C=C. The summed E-state index contributed by atoms with van der Waals surface area (Å²) in [5, 5.41) is 0. The first kappa shape index (κ1) is 26.9. The van der Waals surface area contributed by atoms with Crippen molar-refractivity contribution in [3.05, 3.63) is 109 Å². The van der Waals surface area contributed by atoms with Gasteiger partial charge in [0.2, 0.25) is 0 Å². The van der Waals surface area contributed by atoms with Crippen molar-refractivity contribution in [3.63, 3.8) is 0 Å². The van der Waals surface area contributed by atoms with Gasteiger partial charge in [0.15, 0.2) is 6.10 Å². The van der Waals surface area contributed by atoms with Crippen molar-refractivity contribution in [1.82, 2.24) is 0 Å². The third-order valence-corrected chi connectivity index (χ3v) is 5.31. The Morgan fingerprint density at radius 3 is 1.89 bits per heavy atom. The van der Waals surface area contributed by atoms with Gasteiger partial charge in [0, 0.05) is 12.2 Å². The molecule has 0 aliphatic rings. The maximum atomic E-state index is 12.5. The first-order valence-electron chi connectivity index (χ1n) is 11.7. The maximum absolute atomic E-state index is 12.5. The molecule has 3 rings (SSSR count). The molecule has 0 aliphatic carbocycles. The third-order valence-electron chi connectivity index (χ3n) is 5.31. The van der Waals surface area contributed by atoms with Crippen molar-refractivity contribution >= 4 is 17.9 Å². The van der Waals surface area contributed by atoms with Gasteiger partial charge in [-0.05, 0) is 59.5 Å². The summed E-state index contributed by atoms with van der Waals surface area (Å²) < 4.78 is 21.3. The predicted molar refractivity (Wildman–Crippen MR) is 139 cm³/mol. The lowest BCUT2D eigenvalue weighted by molar-refractivity contribution is -0.154. The van der Waals surface area contributed by atoms with Crippen molar-refractivity contribution in [1.29, 1.82) is 0 Å². The molecule has 0 amide bonds. The van der Waals surface area contributed by atoms with Crippen molar-refractivity contribution in [2.75, 3.05) is 13.2 Å². The smallest absolute Gasteiger partial charge is 0.343 e. The molecule has 0 aliphatic heterocycles. The zero-order chi connectivity index (χ0) is 26.6. The van der Waals surface area contributed by atoms with Gasteiger partial charge in [-0.1, -0.05) is 56.5 Å². The Hall–Kier alpha value is -4.65. The summed E-state index contributed by atoms with van der Waals surface area (Å²) in [5.74, 6) is -0.672. The first-order chi connectivity index (χ1) is 17.9. The summed E-state index contributed by atoms with van der Waals surface area (Å²) in [4.78, 5) is 35.3. The van der Waals surface area contributed by atoms with Crippen LogP contribution < -0.4 is 9.47 Å². The van der Waals surface area contributed by atoms with E-state index in [4.69, 9.17) is 18.9 Å². The van der Waals surface area contributed by atoms with Gasteiger partial charge in [0.05, 0.1) is 5.56 Å². The van der Waals surface area contributed by atoms with Crippen molar-refractivity contribution in [2.45, 2.75) is 19.4 Å². The van der Waals surface area contributed by atoms with E-state index < -0.39 is 24.0 Å². The maximum Gasteiger partial charge on any atom is 0.343 e. The molecule has 7 heteroatoms. The number of hydrogen-bond donors (Lipinski definition) is 0. The van der Waals surface area contributed by atoms with Crippen LogP contribution in [0.4, 0.5) is 0 Å². The van der Waals surface area contributed by atoms with Crippen LogP contribution in [-0.2, 0) is 25.5 Å². The topological polar surface area (TPSA) is 88.1 Å². The molecule has 1 unspecified atom stereocenters. The number of aryl methyl sites for hydroxylation is 1. The molecule has 190 valence electrons. The molecule has 0 spiro atoms. The van der Waals surface area contributed by atoms with Gasteiger partial charge in [-0.3, -0.25) is 0 Å². The van der Waals surface area contributed by atoms with E-state index in [1.165, 1.54) is 5.56 Å². The van der Waals surface area contributed by atoms with E-state index in [0.717, 1.165) is 29.7 Å². The molecular weight excluding hydrogens is 472 g/mol. The Morgan fingerprint density at radius 2 is 1.32 bits per heavy atom. The van der Waals surface area contributed by atoms with Crippen LogP contribution in [-0.4, -0.2) is 37.2 Å². The zero-order valence-corrected chi connectivity index (χ0v) is 20.6. The van der Waals surface area contributed by atoms with Gasteiger partial charge in [-0.25, -0.2) is 14.4 Å². The van der Waals surface area contributed by atoms with Gasteiger partial charge in [-0.2, -0.15) is 0 Å². The Kier molecular flexibility index (Phi) is 9.79. The number of esters is 3. The van der Waals surface area contributed by atoms with E-state index in [1.807, 2.05) is 36.4 Å². The summed E-state index contributed by atoms with van der Waals surface area (Å²) in [5.41, 5.74) is 3.44. The second kappa shape index (κ2) is 13.4. The Morgan fingerprint density at radius 1 is 0.757 bits per heavy atom. The Labute approximate surface area is 215 Å². The number of rotatable bonds is 12.